The molecule has 1 heterocycles. The highest BCUT2D eigenvalue weighted by molar-refractivity contribution is 6.31. The third kappa shape index (κ3) is 3.08. The second kappa shape index (κ2) is 6.68. The van der Waals surface area contributed by atoms with Crippen molar-refractivity contribution in [3.05, 3.63) is 58.6 Å². The van der Waals surface area contributed by atoms with Gasteiger partial charge in [0.15, 0.2) is 0 Å². The summed E-state index contributed by atoms with van der Waals surface area (Å²) in [7, 11) is 1.56. The summed E-state index contributed by atoms with van der Waals surface area (Å²) in [6.45, 7) is 2.69. The summed E-state index contributed by atoms with van der Waals surface area (Å²) in [6.07, 6.45) is 3.24. The lowest BCUT2D eigenvalue weighted by atomic mass is 9.98. The number of nitrogens with one attached hydrogen (secondary N) is 1. The molecule has 0 bridgehead atoms. The Morgan fingerprint density at radius 3 is 2.80 bits per heavy atom. The zero-order valence-corrected chi connectivity index (χ0v) is 12.1. The largest absolute Gasteiger partial charge is 0.496 e. The van der Waals surface area contributed by atoms with Crippen LogP contribution < -0.4 is 10.1 Å². The van der Waals surface area contributed by atoms with Crippen molar-refractivity contribution in [2.24, 2.45) is 0 Å². The number of rotatable bonds is 5. The molecule has 0 aliphatic carbocycles. The fourth-order valence-corrected chi connectivity index (χ4v) is 2.37. The van der Waals surface area contributed by atoms with Gasteiger partial charge in [-0.25, -0.2) is 4.39 Å². The van der Waals surface area contributed by atoms with Gasteiger partial charge in [-0.15, -0.1) is 0 Å². The van der Waals surface area contributed by atoms with Crippen molar-refractivity contribution in [1.82, 2.24) is 10.3 Å². The number of hydrogen-bond donors (Lipinski definition) is 1. The van der Waals surface area contributed by atoms with E-state index in [1.807, 2.05) is 13.0 Å². The maximum Gasteiger partial charge on any atom is 0.124 e. The maximum absolute atomic E-state index is 13.6. The van der Waals surface area contributed by atoms with Crippen molar-refractivity contribution in [2.75, 3.05) is 13.7 Å². The molecule has 1 N–H and O–H groups in total. The molecule has 0 aliphatic rings. The summed E-state index contributed by atoms with van der Waals surface area (Å²) in [4.78, 5) is 3.98. The first-order valence-corrected chi connectivity index (χ1v) is 6.71. The monoisotopic (exact) mass is 294 g/mol. The van der Waals surface area contributed by atoms with Gasteiger partial charge in [0, 0.05) is 18.0 Å². The maximum atomic E-state index is 13.6. The van der Waals surface area contributed by atoms with E-state index in [1.54, 1.807) is 25.6 Å². The van der Waals surface area contributed by atoms with E-state index >= 15 is 0 Å². The Labute approximate surface area is 122 Å². The molecule has 106 valence electrons. The minimum Gasteiger partial charge on any atom is -0.496 e. The predicted molar refractivity (Wildman–Crippen MR) is 77.7 cm³/mol. The average Bonchev–Trinajstić information content (AvgIpc) is 2.46. The smallest absolute Gasteiger partial charge is 0.124 e. The van der Waals surface area contributed by atoms with E-state index in [2.05, 4.69) is 10.3 Å². The minimum absolute atomic E-state index is 0.249. The summed E-state index contributed by atoms with van der Waals surface area (Å²) in [5.74, 6) is 0.305. The quantitative estimate of drug-likeness (QED) is 0.915. The van der Waals surface area contributed by atoms with Crippen LogP contribution in [0, 0.1) is 5.82 Å². The average molecular weight is 295 g/mol. The molecule has 1 aromatic heterocycles. The molecular weight excluding hydrogens is 279 g/mol. The molecule has 2 aromatic rings. The summed E-state index contributed by atoms with van der Waals surface area (Å²) in [6, 6.07) is 6.02. The van der Waals surface area contributed by atoms with Gasteiger partial charge >= 0.3 is 0 Å². The fraction of sp³-hybridized carbons (Fsp3) is 0.267. The summed E-state index contributed by atoms with van der Waals surface area (Å²) < 4.78 is 18.9. The number of aromatic nitrogens is 1. The van der Waals surface area contributed by atoms with Gasteiger partial charge in [-0.3, -0.25) is 4.98 Å². The van der Waals surface area contributed by atoms with E-state index in [9.17, 15) is 4.39 Å². The Morgan fingerprint density at radius 2 is 2.15 bits per heavy atom. The Kier molecular flexibility index (Phi) is 4.93. The van der Waals surface area contributed by atoms with Crippen LogP contribution in [0.15, 0.2) is 36.7 Å². The minimum atomic E-state index is -0.311. The van der Waals surface area contributed by atoms with Gasteiger partial charge in [0.2, 0.25) is 0 Å². The molecule has 1 atom stereocenters. The first kappa shape index (κ1) is 14.8. The van der Waals surface area contributed by atoms with Gasteiger partial charge in [0.25, 0.3) is 0 Å². The number of ether oxygens (including phenoxy) is 1. The van der Waals surface area contributed by atoms with E-state index in [-0.39, 0.29) is 11.9 Å². The molecule has 0 radical (unpaired) electrons. The van der Waals surface area contributed by atoms with Crippen LogP contribution in [0.25, 0.3) is 0 Å². The molecule has 1 unspecified atom stereocenters. The normalized spacial score (nSPS) is 12.2. The third-order valence-electron chi connectivity index (χ3n) is 3.03. The van der Waals surface area contributed by atoms with Crippen LogP contribution in [0.4, 0.5) is 4.39 Å². The molecule has 0 saturated heterocycles. The molecule has 1 aromatic carbocycles. The van der Waals surface area contributed by atoms with Gasteiger partial charge in [-0.1, -0.05) is 18.5 Å². The van der Waals surface area contributed by atoms with Crippen molar-refractivity contribution in [1.29, 1.82) is 0 Å². The standard InChI is InChI=1S/C15H16ClFN2O/c1-3-19-15(11-6-7-18-9-13(11)16)12-8-10(17)4-5-14(12)20-2/h4-9,15,19H,3H2,1-2H3. The Bertz CT molecular complexity index is 592. The number of hydrogen-bond acceptors (Lipinski definition) is 3. The molecule has 0 saturated carbocycles. The van der Waals surface area contributed by atoms with Gasteiger partial charge in [0.05, 0.1) is 18.2 Å². The van der Waals surface area contributed by atoms with E-state index in [4.69, 9.17) is 16.3 Å². The van der Waals surface area contributed by atoms with E-state index in [0.29, 0.717) is 22.9 Å². The molecular formula is C15H16ClFN2O. The van der Waals surface area contributed by atoms with E-state index < -0.39 is 0 Å². The van der Waals surface area contributed by atoms with Gasteiger partial charge < -0.3 is 10.1 Å². The van der Waals surface area contributed by atoms with E-state index in [1.165, 1.54) is 12.1 Å². The third-order valence-corrected chi connectivity index (χ3v) is 3.34. The summed E-state index contributed by atoms with van der Waals surface area (Å²) in [5.41, 5.74) is 1.55. The Hall–Kier alpha value is -1.65. The van der Waals surface area contributed by atoms with Crippen LogP contribution in [-0.4, -0.2) is 18.6 Å². The zero-order valence-electron chi connectivity index (χ0n) is 11.4. The SMILES string of the molecule is CCNC(c1ccncc1Cl)c1cc(F)ccc1OC. The second-order valence-corrected chi connectivity index (χ2v) is 4.68. The second-order valence-electron chi connectivity index (χ2n) is 4.27. The first-order chi connectivity index (χ1) is 9.67. The molecule has 0 spiro atoms. The highest BCUT2D eigenvalue weighted by Crippen LogP contribution is 2.33. The number of pyridine rings is 1. The van der Waals surface area contributed by atoms with Crippen LogP contribution in [-0.2, 0) is 0 Å². The lowest BCUT2D eigenvalue weighted by Gasteiger charge is -2.22. The number of nitrogens with zero attached hydrogens (tertiary/aromatic N) is 1. The van der Waals surface area contributed by atoms with Gasteiger partial charge in [0.1, 0.15) is 11.6 Å². The van der Waals surface area contributed by atoms with Crippen molar-refractivity contribution < 1.29 is 9.13 Å². The van der Waals surface area contributed by atoms with Crippen molar-refractivity contribution >= 4 is 11.6 Å². The van der Waals surface area contributed by atoms with Crippen molar-refractivity contribution in [3.63, 3.8) is 0 Å². The molecule has 5 heteroatoms. The van der Waals surface area contributed by atoms with Crippen LogP contribution in [0.2, 0.25) is 5.02 Å². The molecule has 20 heavy (non-hydrogen) atoms. The van der Waals surface area contributed by atoms with Gasteiger partial charge in [-0.05, 0) is 36.4 Å². The topological polar surface area (TPSA) is 34.2 Å². The number of halogens is 2. The predicted octanol–water partition coefficient (Wildman–Crippen LogP) is 3.58. The summed E-state index contributed by atoms with van der Waals surface area (Å²) >= 11 is 6.20. The Balaban J connectivity index is 2.54. The van der Waals surface area contributed by atoms with E-state index in [0.717, 1.165) is 5.56 Å². The lowest BCUT2D eigenvalue weighted by Crippen LogP contribution is -2.23. The highest BCUT2D eigenvalue weighted by atomic mass is 35.5. The zero-order chi connectivity index (χ0) is 14.5. The number of benzene rings is 1. The molecule has 2 rings (SSSR count). The first-order valence-electron chi connectivity index (χ1n) is 6.33. The van der Waals surface area contributed by atoms with Crippen LogP contribution in [0.5, 0.6) is 5.75 Å². The molecule has 0 amide bonds. The van der Waals surface area contributed by atoms with Crippen LogP contribution in [0.3, 0.4) is 0 Å². The summed E-state index contributed by atoms with van der Waals surface area (Å²) in [5, 5.41) is 3.83. The van der Waals surface area contributed by atoms with Gasteiger partial charge in [-0.2, -0.15) is 0 Å². The number of methoxy groups -OCH3 is 1. The van der Waals surface area contributed by atoms with Crippen LogP contribution in [0.1, 0.15) is 24.1 Å². The highest BCUT2D eigenvalue weighted by Gasteiger charge is 2.20. The molecule has 3 nitrogen and oxygen atoms in total. The molecule has 0 fully saturated rings. The fourth-order valence-electron chi connectivity index (χ4n) is 2.14. The molecule has 0 aliphatic heterocycles. The van der Waals surface area contributed by atoms with Crippen molar-refractivity contribution in [2.45, 2.75) is 13.0 Å². The van der Waals surface area contributed by atoms with Crippen molar-refractivity contribution in [3.8, 4) is 5.75 Å². The van der Waals surface area contributed by atoms with Crippen LogP contribution >= 0.6 is 11.6 Å². The lowest BCUT2D eigenvalue weighted by molar-refractivity contribution is 0.402. The Morgan fingerprint density at radius 1 is 1.35 bits per heavy atom.